The van der Waals surface area contributed by atoms with E-state index in [-0.39, 0.29) is 23.7 Å². The summed E-state index contributed by atoms with van der Waals surface area (Å²) < 4.78 is 18.9. The molecule has 0 radical (unpaired) electrons. The minimum absolute atomic E-state index is 0.000283. The standard InChI is InChI=1S/C14H18FNO2/c1-8-7-10(8)14(17)16-9(2)13-11(15)5-4-6-12(13)18-3/h4-6,8-10H,7H2,1-3H3,(H,16,17)/t8-,9-,10-/m0/s1. The summed E-state index contributed by atoms with van der Waals surface area (Å²) in [4.78, 5) is 11.8. The third-order valence-electron chi connectivity index (χ3n) is 3.47. The Hall–Kier alpha value is -1.58. The summed E-state index contributed by atoms with van der Waals surface area (Å²) in [6, 6.07) is 4.28. The van der Waals surface area contributed by atoms with E-state index in [9.17, 15) is 9.18 Å². The van der Waals surface area contributed by atoms with E-state index in [1.54, 1.807) is 19.1 Å². The number of benzene rings is 1. The first kappa shape index (κ1) is 12.9. The SMILES string of the molecule is COc1cccc(F)c1[C@H](C)NC(=O)[C@H]1C[C@@H]1C. The lowest BCUT2D eigenvalue weighted by Gasteiger charge is -2.18. The Bertz CT molecular complexity index is 461. The van der Waals surface area contributed by atoms with Crippen molar-refractivity contribution in [3.8, 4) is 5.75 Å². The van der Waals surface area contributed by atoms with E-state index >= 15 is 0 Å². The van der Waals surface area contributed by atoms with Gasteiger partial charge >= 0.3 is 0 Å². The number of rotatable bonds is 4. The maximum Gasteiger partial charge on any atom is 0.223 e. The molecule has 3 atom stereocenters. The lowest BCUT2D eigenvalue weighted by Crippen LogP contribution is -2.29. The molecule has 0 spiro atoms. The van der Waals surface area contributed by atoms with E-state index < -0.39 is 0 Å². The van der Waals surface area contributed by atoms with Crippen LogP contribution in [-0.2, 0) is 4.79 Å². The van der Waals surface area contributed by atoms with Gasteiger partial charge in [0.05, 0.1) is 18.7 Å². The lowest BCUT2D eigenvalue weighted by molar-refractivity contribution is -0.123. The summed E-state index contributed by atoms with van der Waals surface area (Å²) in [5, 5.41) is 2.85. The summed E-state index contributed by atoms with van der Waals surface area (Å²) in [5.41, 5.74) is 0.404. The first-order valence-corrected chi connectivity index (χ1v) is 6.17. The monoisotopic (exact) mass is 251 g/mol. The molecule has 1 amide bonds. The number of methoxy groups -OCH3 is 1. The molecule has 0 aliphatic heterocycles. The number of halogens is 1. The molecular weight excluding hydrogens is 233 g/mol. The molecule has 1 saturated carbocycles. The van der Waals surface area contributed by atoms with Crippen LogP contribution >= 0.6 is 0 Å². The van der Waals surface area contributed by atoms with Gasteiger partial charge in [-0.25, -0.2) is 4.39 Å². The summed E-state index contributed by atoms with van der Waals surface area (Å²) in [5.74, 6) is 0.642. The van der Waals surface area contributed by atoms with Gasteiger partial charge in [0, 0.05) is 5.92 Å². The van der Waals surface area contributed by atoms with Gasteiger partial charge in [0.15, 0.2) is 0 Å². The number of hydrogen-bond acceptors (Lipinski definition) is 2. The minimum Gasteiger partial charge on any atom is -0.496 e. The van der Waals surface area contributed by atoms with Crippen molar-refractivity contribution in [2.24, 2.45) is 11.8 Å². The molecule has 1 aliphatic rings. The fourth-order valence-electron chi connectivity index (χ4n) is 2.20. The Morgan fingerprint density at radius 1 is 1.56 bits per heavy atom. The fourth-order valence-corrected chi connectivity index (χ4v) is 2.20. The highest BCUT2D eigenvalue weighted by Crippen LogP contribution is 2.38. The number of amides is 1. The zero-order chi connectivity index (χ0) is 13.3. The first-order chi connectivity index (χ1) is 8.54. The van der Waals surface area contributed by atoms with Crippen molar-refractivity contribution in [1.82, 2.24) is 5.32 Å². The van der Waals surface area contributed by atoms with Gasteiger partial charge in [-0.3, -0.25) is 4.79 Å². The van der Waals surface area contributed by atoms with Crippen molar-refractivity contribution in [3.63, 3.8) is 0 Å². The number of carbonyl (C=O) groups is 1. The molecule has 1 aromatic rings. The first-order valence-electron chi connectivity index (χ1n) is 6.17. The van der Waals surface area contributed by atoms with Crippen LogP contribution < -0.4 is 10.1 Å². The molecule has 2 rings (SSSR count). The number of hydrogen-bond donors (Lipinski definition) is 1. The number of ether oxygens (including phenoxy) is 1. The third kappa shape index (κ3) is 2.47. The molecule has 1 aliphatic carbocycles. The van der Waals surface area contributed by atoms with Gasteiger partial charge in [-0.05, 0) is 31.4 Å². The van der Waals surface area contributed by atoms with Crippen molar-refractivity contribution < 1.29 is 13.9 Å². The van der Waals surface area contributed by atoms with E-state index in [2.05, 4.69) is 5.32 Å². The average molecular weight is 251 g/mol. The zero-order valence-corrected chi connectivity index (χ0v) is 10.9. The van der Waals surface area contributed by atoms with E-state index in [0.29, 0.717) is 17.2 Å². The maximum absolute atomic E-state index is 13.8. The molecule has 1 aromatic carbocycles. The molecule has 98 valence electrons. The van der Waals surface area contributed by atoms with Gasteiger partial charge < -0.3 is 10.1 Å². The molecule has 0 aromatic heterocycles. The van der Waals surface area contributed by atoms with Crippen LogP contribution in [0.2, 0.25) is 0 Å². The highest BCUT2D eigenvalue weighted by atomic mass is 19.1. The Kier molecular flexibility index (Phi) is 3.55. The van der Waals surface area contributed by atoms with Crippen molar-refractivity contribution >= 4 is 5.91 Å². The molecule has 1 fully saturated rings. The van der Waals surface area contributed by atoms with E-state index in [1.807, 2.05) is 6.92 Å². The second-order valence-electron chi connectivity index (χ2n) is 4.91. The molecular formula is C14H18FNO2. The van der Waals surface area contributed by atoms with Crippen LogP contribution in [0.3, 0.4) is 0 Å². The molecule has 3 nitrogen and oxygen atoms in total. The highest BCUT2D eigenvalue weighted by Gasteiger charge is 2.39. The van der Waals surface area contributed by atoms with Gasteiger partial charge in [-0.2, -0.15) is 0 Å². The third-order valence-corrected chi connectivity index (χ3v) is 3.47. The highest BCUT2D eigenvalue weighted by molar-refractivity contribution is 5.81. The molecule has 18 heavy (non-hydrogen) atoms. The Labute approximate surface area is 106 Å². The second kappa shape index (κ2) is 4.96. The maximum atomic E-state index is 13.8. The number of carbonyl (C=O) groups excluding carboxylic acids is 1. The van der Waals surface area contributed by atoms with Crippen LogP contribution in [0.15, 0.2) is 18.2 Å². The normalized spacial score (nSPS) is 23.3. The van der Waals surface area contributed by atoms with Crippen LogP contribution in [-0.4, -0.2) is 13.0 Å². The predicted molar refractivity (Wildman–Crippen MR) is 66.8 cm³/mol. The molecule has 0 saturated heterocycles. The van der Waals surface area contributed by atoms with Crippen molar-refractivity contribution in [2.75, 3.05) is 7.11 Å². The lowest BCUT2D eigenvalue weighted by atomic mass is 10.1. The number of nitrogens with one attached hydrogen (secondary N) is 1. The van der Waals surface area contributed by atoms with Gasteiger partial charge in [-0.15, -0.1) is 0 Å². The van der Waals surface area contributed by atoms with Crippen molar-refractivity contribution in [1.29, 1.82) is 0 Å². The van der Waals surface area contributed by atoms with Gasteiger partial charge in [0.25, 0.3) is 0 Å². The predicted octanol–water partition coefficient (Wildman–Crippen LogP) is 2.67. The second-order valence-corrected chi connectivity index (χ2v) is 4.91. The Morgan fingerprint density at radius 2 is 2.22 bits per heavy atom. The van der Waals surface area contributed by atoms with E-state index in [0.717, 1.165) is 6.42 Å². The largest absolute Gasteiger partial charge is 0.496 e. The summed E-state index contributed by atoms with van der Waals surface area (Å²) in [6.45, 7) is 3.81. The Balaban J connectivity index is 2.13. The molecule has 0 unspecified atom stereocenters. The van der Waals surface area contributed by atoms with Crippen LogP contribution in [0, 0.1) is 17.7 Å². The van der Waals surface area contributed by atoms with E-state index in [4.69, 9.17) is 4.74 Å². The quantitative estimate of drug-likeness (QED) is 0.893. The average Bonchev–Trinajstić information content (AvgIpc) is 3.05. The van der Waals surface area contributed by atoms with Gasteiger partial charge in [0.2, 0.25) is 5.91 Å². The molecule has 1 N–H and O–H groups in total. The van der Waals surface area contributed by atoms with Crippen molar-refractivity contribution in [2.45, 2.75) is 26.3 Å². The molecule has 0 bridgehead atoms. The van der Waals surface area contributed by atoms with Crippen molar-refractivity contribution in [3.05, 3.63) is 29.6 Å². The summed E-state index contributed by atoms with van der Waals surface area (Å²) in [7, 11) is 1.50. The van der Waals surface area contributed by atoms with Gasteiger partial charge in [0.1, 0.15) is 11.6 Å². The van der Waals surface area contributed by atoms with Crippen LogP contribution in [0.4, 0.5) is 4.39 Å². The smallest absolute Gasteiger partial charge is 0.223 e. The topological polar surface area (TPSA) is 38.3 Å². The molecule has 4 heteroatoms. The summed E-state index contributed by atoms with van der Waals surface area (Å²) >= 11 is 0. The zero-order valence-electron chi connectivity index (χ0n) is 10.9. The minimum atomic E-state index is -0.388. The molecule has 0 heterocycles. The van der Waals surface area contributed by atoms with Crippen LogP contribution in [0.25, 0.3) is 0 Å². The van der Waals surface area contributed by atoms with Crippen LogP contribution in [0.5, 0.6) is 5.75 Å². The van der Waals surface area contributed by atoms with Gasteiger partial charge in [-0.1, -0.05) is 13.0 Å². The van der Waals surface area contributed by atoms with Crippen LogP contribution in [0.1, 0.15) is 31.9 Å². The fraction of sp³-hybridized carbons (Fsp3) is 0.500. The summed E-state index contributed by atoms with van der Waals surface area (Å²) in [6.07, 6.45) is 0.924. The van der Waals surface area contributed by atoms with E-state index in [1.165, 1.54) is 13.2 Å². The Morgan fingerprint density at radius 3 is 2.78 bits per heavy atom.